The Morgan fingerprint density at radius 3 is 2.59 bits per heavy atom. The highest BCUT2D eigenvalue weighted by Gasteiger charge is 2.17. The van der Waals surface area contributed by atoms with Crippen LogP contribution in [0, 0.1) is 11.8 Å². The standard InChI is InChI=1S/C14H23N3/c1-11-3-5-12(6-4-11)8-17-14-7-13(15-2)9-16-10-14/h7,9-12,15,17H,3-6,8H2,1-2H3. The van der Waals surface area contributed by atoms with Gasteiger partial charge in [0.25, 0.3) is 0 Å². The van der Waals surface area contributed by atoms with Crippen molar-refractivity contribution >= 4 is 11.4 Å². The van der Waals surface area contributed by atoms with Crippen LogP contribution in [0.15, 0.2) is 18.5 Å². The maximum atomic E-state index is 4.21. The molecule has 3 nitrogen and oxygen atoms in total. The summed E-state index contributed by atoms with van der Waals surface area (Å²) < 4.78 is 0. The van der Waals surface area contributed by atoms with Gasteiger partial charge in [0.05, 0.1) is 23.8 Å². The first-order chi connectivity index (χ1) is 8.28. The highest BCUT2D eigenvalue weighted by atomic mass is 14.9. The summed E-state index contributed by atoms with van der Waals surface area (Å²) in [6.07, 6.45) is 9.25. The number of hydrogen-bond acceptors (Lipinski definition) is 3. The molecule has 2 N–H and O–H groups in total. The van der Waals surface area contributed by atoms with E-state index in [0.29, 0.717) is 0 Å². The molecule has 1 aliphatic carbocycles. The zero-order chi connectivity index (χ0) is 12.1. The van der Waals surface area contributed by atoms with Gasteiger partial charge >= 0.3 is 0 Å². The molecule has 17 heavy (non-hydrogen) atoms. The molecular formula is C14H23N3. The summed E-state index contributed by atoms with van der Waals surface area (Å²) in [6.45, 7) is 3.45. The lowest BCUT2D eigenvalue weighted by Gasteiger charge is -2.26. The Morgan fingerprint density at radius 1 is 1.18 bits per heavy atom. The summed E-state index contributed by atoms with van der Waals surface area (Å²) >= 11 is 0. The zero-order valence-electron chi connectivity index (χ0n) is 10.9. The first kappa shape index (κ1) is 12.2. The average molecular weight is 233 g/mol. The van der Waals surface area contributed by atoms with E-state index in [4.69, 9.17) is 0 Å². The van der Waals surface area contributed by atoms with Gasteiger partial charge in [0.2, 0.25) is 0 Å². The molecule has 0 amide bonds. The van der Waals surface area contributed by atoms with Gasteiger partial charge in [-0.1, -0.05) is 19.8 Å². The fourth-order valence-corrected chi connectivity index (χ4v) is 2.47. The molecule has 0 atom stereocenters. The molecule has 1 aliphatic rings. The molecule has 1 aromatic rings. The van der Waals surface area contributed by atoms with Crippen LogP contribution >= 0.6 is 0 Å². The van der Waals surface area contributed by atoms with E-state index >= 15 is 0 Å². The highest BCUT2D eigenvalue weighted by Crippen LogP contribution is 2.28. The summed E-state index contributed by atoms with van der Waals surface area (Å²) in [7, 11) is 1.92. The van der Waals surface area contributed by atoms with E-state index in [1.807, 2.05) is 19.4 Å². The number of pyridine rings is 1. The molecule has 1 saturated carbocycles. The second-order valence-electron chi connectivity index (χ2n) is 5.22. The van der Waals surface area contributed by atoms with Gasteiger partial charge in [-0.05, 0) is 30.7 Å². The van der Waals surface area contributed by atoms with E-state index in [1.165, 1.54) is 25.7 Å². The van der Waals surface area contributed by atoms with Gasteiger partial charge < -0.3 is 10.6 Å². The molecular weight excluding hydrogens is 210 g/mol. The molecule has 0 saturated heterocycles. The summed E-state index contributed by atoms with van der Waals surface area (Å²) in [5, 5.41) is 6.61. The molecule has 0 bridgehead atoms. The maximum absolute atomic E-state index is 4.21. The van der Waals surface area contributed by atoms with Gasteiger partial charge in [0.15, 0.2) is 0 Å². The lowest BCUT2D eigenvalue weighted by atomic mass is 9.83. The Labute approximate surface area is 104 Å². The fraction of sp³-hybridized carbons (Fsp3) is 0.643. The Bertz CT molecular complexity index is 343. The van der Waals surface area contributed by atoms with Crippen molar-refractivity contribution in [2.24, 2.45) is 11.8 Å². The molecule has 1 aromatic heterocycles. The number of hydrogen-bond donors (Lipinski definition) is 2. The van der Waals surface area contributed by atoms with E-state index in [0.717, 1.165) is 29.8 Å². The summed E-state index contributed by atoms with van der Waals surface area (Å²) in [5.74, 6) is 1.77. The first-order valence-electron chi connectivity index (χ1n) is 6.64. The van der Waals surface area contributed by atoms with Crippen molar-refractivity contribution in [3.8, 4) is 0 Å². The molecule has 0 aliphatic heterocycles. The van der Waals surface area contributed by atoms with E-state index < -0.39 is 0 Å². The van der Waals surface area contributed by atoms with Crippen LogP contribution in [0.25, 0.3) is 0 Å². The van der Waals surface area contributed by atoms with Crippen LogP contribution in [0.2, 0.25) is 0 Å². The van der Waals surface area contributed by atoms with E-state index in [9.17, 15) is 0 Å². The highest BCUT2D eigenvalue weighted by molar-refractivity contribution is 5.53. The second kappa shape index (κ2) is 5.89. The number of nitrogens with zero attached hydrogens (tertiary/aromatic N) is 1. The quantitative estimate of drug-likeness (QED) is 0.837. The smallest absolute Gasteiger partial charge is 0.0547 e. The van der Waals surface area contributed by atoms with Crippen LogP contribution in [0.3, 0.4) is 0 Å². The Kier molecular flexibility index (Phi) is 4.24. The van der Waals surface area contributed by atoms with Crippen molar-refractivity contribution in [2.45, 2.75) is 32.6 Å². The zero-order valence-corrected chi connectivity index (χ0v) is 10.9. The molecule has 0 aromatic carbocycles. The molecule has 0 radical (unpaired) electrons. The second-order valence-corrected chi connectivity index (χ2v) is 5.22. The van der Waals surface area contributed by atoms with Gasteiger partial charge in [-0.25, -0.2) is 0 Å². The molecule has 1 heterocycles. The van der Waals surface area contributed by atoms with Crippen molar-refractivity contribution in [1.82, 2.24) is 4.98 Å². The minimum absolute atomic E-state index is 0.837. The third-order valence-corrected chi connectivity index (χ3v) is 3.76. The van der Waals surface area contributed by atoms with Crippen LogP contribution in [-0.2, 0) is 0 Å². The topological polar surface area (TPSA) is 37.0 Å². The van der Waals surface area contributed by atoms with Crippen molar-refractivity contribution < 1.29 is 0 Å². The van der Waals surface area contributed by atoms with E-state index in [-0.39, 0.29) is 0 Å². The first-order valence-corrected chi connectivity index (χ1v) is 6.64. The number of anilines is 2. The Balaban J connectivity index is 1.81. The van der Waals surface area contributed by atoms with E-state index in [1.54, 1.807) is 0 Å². The minimum Gasteiger partial charge on any atom is -0.387 e. The van der Waals surface area contributed by atoms with Crippen molar-refractivity contribution in [2.75, 3.05) is 24.2 Å². The summed E-state index contributed by atoms with van der Waals surface area (Å²) in [5.41, 5.74) is 2.18. The molecule has 94 valence electrons. The Hall–Kier alpha value is -1.25. The SMILES string of the molecule is CNc1cncc(NCC2CCC(C)CC2)c1. The normalized spacial score (nSPS) is 24.4. The van der Waals surface area contributed by atoms with Crippen LogP contribution in [0.1, 0.15) is 32.6 Å². The average Bonchev–Trinajstić information content (AvgIpc) is 2.38. The van der Waals surface area contributed by atoms with Gasteiger partial charge in [-0.2, -0.15) is 0 Å². The Morgan fingerprint density at radius 2 is 1.88 bits per heavy atom. The predicted molar refractivity (Wildman–Crippen MR) is 73.4 cm³/mol. The van der Waals surface area contributed by atoms with Crippen molar-refractivity contribution in [3.05, 3.63) is 18.5 Å². The molecule has 1 fully saturated rings. The molecule has 0 spiro atoms. The predicted octanol–water partition coefficient (Wildman–Crippen LogP) is 3.36. The van der Waals surface area contributed by atoms with E-state index in [2.05, 4.69) is 28.6 Å². The largest absolute Gasteiger partial charge is 0.387 e. The van der Waals surface area contributed by atoms with Gasteiger partial charge in [0, 0.05) is 13.6 Å². The minimum atomic E-state index is 0.837. The number of rotatable bonds is 4. The number of aromatic nitrogens is 1. The molecule has 3 heteroatoms. The van der Waals surface area contributed by atoms with Crippen molar-refractivity contribution in [3.63, 3.8) is 0 Å². The molecule has 2 rings (SSSR count). The third-order valence-electron chi connectivity index (χ3n) is 3.76. The maximum Gasteiger partial charge on any atom is 0.0547 e. The van der Waals surface area contributed by atoms with Crippen molar-refractivity contribution in [1.29, 1.82) is 0 Å². The monoisotopic (exact) mass is 233 g/mol. The van der Waals surface area contributed by atoms with Crippen LogP contribution < -0.4 is 10.6 Å². The van der Waals surface area contributed by atoms with Gasteiger partial charge in [0.1, 0.15) is 0 Å². The van der Waals surface area contributed by atoms with Crippen LogP contribution in [0.4, 0.5) is 11.4 Å². The lowest BCUT2D eigenvalue weighted by molar-refractivity contribution is 0.300. The summed E-state index contributed by atoms with van der Waals surface area (Å²) in [4.78, 5) is 4.21. The lowest BCUT2D eigenvalue weighted by Crippen LogP contribution is -2.20. The fourth-order valence-electron chi connectivity index (χ4n) is 2.47. The van der Waals surface area contributed by atoms with Crippen LogP contribution in [-0.4, -0.2) is 18.6 Å². The molecule has 0 unspecified atom stereocenters. The summed E-state index contributed by atoms with van der Waals surface area (Å²) in [6, 6.07) is 2.11. The number of nitrogens with one attached hydrogen (secondary N) is 2. The van der Waals surface area contributed by atoms with Crippen LogP contribution in [0.5, 0.6) is 0 Å². The van der Waals surface area contributed by atoms with Gasteiger partial charge in [-0.15, -0.1) is 0 Å². The van der Waals surface area contributed by atoms with Gasteiger partial charge in [-0.3, -0.25) is 4.98 Å². The third kappa shape index (κ3) is 3.62.